The summed E-state index contributed by atoms with van der Waals surface area (Å²) in [7, 11) is 6.23. The molecular formula is C64H75N9O11S2. The molecule has 0 saturated carbocycles. The third-order valence-corrected chi connectivity index (χ3v) is 18.6. The van der Waals surface area contributed by atoms with Gasteiger partial charge in [-0.05, 0) is 91.4 Å². The molecule has 5 aromatic carbocycles. The second kappa shape index (κ2) is 29.6. The fourth-order valence-corrected chi connectivity index (χ4v) is 12.7. The van der Waals surface area contributed by atoms with Gasteiger partial charge in [0.05, 0.1) is 68.4 Å². The first-order chi connectivity index (χ1) is 41.4. The van der Waals surface area contributed by atoms with E-state index in [1.807, 2.05) is 75.4 Å². The minimum atomic E-state index is -0.640. The van der Waals surface area contributed by atoms with E-state index in [1.54, 1.807) is 80.2 Å². The van der Waals surface area contributed by atoms with Gasteiger partial charge < -0.3 is 45.9 Å². The number of hydrogen-bond donors (Lipinski definition) is 5. The van der Waals surface area contributed by atoms with E-state index in [4.69, 9.17) is 34.7 Å². The summed E-state index contributed by atoms with van der Waals surface area (Å²) in [6.07, 6.45) is 10.6. The van der Waals surface area contributed by atoms with Crippen molar-refractivity contribution in [3.8, 4) is 23.0 Å². The number of carbonyl (C=O) groups excluding carboxylic acids is 7. The third-order valence-electron chi connectivity index (χ3n) is 14.6. The number of aliphatic imine (C=N–C) groups is 2. The summed E-state index contributed by atoms with van der Waals surface area (Å²) in [5.74, 6) is -1.65. The Balaban J connectivity index is 0.00000184. The number of carbonyl (C=O) groups is 7. The fraction of sp³-hybridized carbons (Fsp3) is 0.391. The largest absolute Gasteiger partial charge is 0.493 e. The minimum absolute atomic E-state index is 0.0430. The molecule has 6 N–H and O–H groups in total. The van der Waals surface area contributed by atoms with Crippen molar-refractivity contribution < 1.29 is 52.5 Å². The van der Waals surface area contributed by atoms with Crippen molar-refractivity contribution in [2.75, 3.05) is 49.0 Å². The van der Waals surface area contributed by atoms with E-state index < -0.39 is 30.8 Å². The van der Waals surface area contributed by atoms with E-state index in [9.17, 15) is 33.6 Å². The fourth-order valence-electron chi connectivity index (χ4n) is 10.1. The molecule has 454 valence electrons. The molecule has 7 amide bonds. The van der Waals surface area contributed by atoms with Crippen LogP contribution in [0.25, 0.3) is 0 Å². The first kappa shape index (κ1) is 63.6. The number of nitrogens with zero attached hydrogens (tertiary/aromatic N) is 4. The van der Waals surface area contributed by atoms with Crippen molar-refractivity contribution in [1.29, 1.82) is 0 Å². The number of hydrogen-bond acceptors (Lipinski definition) is 15. The molecule has 0 radical (unpaired) electrons. The molecule has 0 aliphatic carbocycles. The zero-order valence-corrected chi connectivity index (χ0v) is 51.3. The van der Waals surface area contributed by atoms with Crippen LogP contribution in [-0.2, 0) is 50.0 Å². The molecule has 4 aliphatic heterocycles. The monoisotopic (exact) mass is 1210 g/mol. The Morgan fingerprint density at radius 2 is 1.13 bits per heavy atom. The van der Waals surface area contributed by atoms with E-state index in [0.29, 0.717) is 94.4 Å². The molecule has 5 aromatic rings. The number of anilines is 3. The number of ether oxygens (including phenoxy) is 4. The molecule has 0 saturated heterocycles. The summed E-state index contributed by atoms with van der Waals surface area (Å²) >= 11 is 0. The van der Waals surface area contributed by atoms with Crippen LogP contribution >= 0.6 is 21.6 Å². The summed E-state index contributed by atoms with van der Waals surface area (Å²) in [6, 6.07) is 26.9. The number of nitrogens with two attached hydrogens (primary N) is 1. The Labute approximate surface area is 509 Å². The van der Waals surface area contributed by atoms with Gasteiger partial charge in [-0.15, -0.1) is 0 Å². The summed E-state index contributed by atoms with van der Waals surface area (Å²) in [5.41, 5.74) is 12.1. The van der Waals surface area contributed by atoms with E-state index >= 15 is 0 Å². The molecule has 9 rings (SSSR count). The summed E-state index contributed by atoms with van der Waals surface area (Å²) in [4.78, 5) is 104. The topological polar surface area (TPSA) is 262 Å². The van der Waals surface area contributed by atoms with Crippen molar-refractivity contribution in [2.45, 2.75) is 128 Å². The Kier molecular flexibility index (Phi) is 21.9. The maximum atomic E-state index is 14.1. The van der Waals surface area contributed by atoms with Crippen molar-refractivity contribution >= 4 is 104 Å². The number of nitrogens with one attached hydrogen (secondary N) is 4. The van der Waals surface area contributed by atoms with Crippen molar-refractivity contribution in [2.24, 2.45) is 15.7 Å². The van der Waals surface area contributed by atoms with Crippen LogP contribution in [0.15, 0.2) is 101 Å². The second-order valence-corrected chi connectivity index (χ2v) is 25.2. The first-order valence-corrected chi connectivity index (χ1v) is 31.0. The van der Waals surface area contributed by atoms with Crippen LogP contribution in [-0.4, -0.2) is 110 Å². The number of rotatable bonds is 26. The lowest BCUT2D eigenvalue weighted by molar-refractivity contribution is -0.128. The zero-order chi connectivity index (χ0) is 61.5. The molecule has 2 unspecified atom stereocenters. The number of fused-ring (bicyclic) bond motifs is 8. The zero-order valence-electron chi connectivity index (χ0n) is 49.6. The lowest BCUT2D eigenvalue weighted by Gasteiger charge is -2.24. The van der Waals surface area contributed by atoms with Gasteiger partial charge in [-0.2, -0.15) is 0 Å². The Morgan fingerprint density at radius 1 is 0.651 bits per heavy atom. The molecule has 4 heterocycles. The standard InChI is InChI=1S/C59H63N9O11S2.C5H12/c1-34(14-15-52(60)69)80-81-59(2,3)17-16-53(70)63-29-54(71)64-30-55(72)65-31-56(73)66-39-19-35(32-78-50-25-44-42(23-48(50)76-4)57(74)67-40(27-61-44)21-37-10-6-8-12-46(37)67)18-36(20-39)33-79-51-26-45-43(24-49(51)77-5)58(75)68-41(28-62-45)22-38-11-7-9-13-47(38)68;1-3-5-4-2/h6-13,18-20,23-28,34,40-41H,14-17,21-22,29-33H2,1-5H3,(H2,60,69)(H,63,70)(H,64,71)(H,65,72)(H,66,73);3-5H2,1-2H3/t34?,40-,41?;/m0./s1. The summed E-state index contributed by atoms with van der Waals surface area (Å²) < 4.78 is 24.0. The smallest absolute Gasteiger partial charge is 0.261 e. The van der Waals surface area contributed by atoms with Gasteiger partial charge in [0.2, 0.25) is 29.5 Å². The molecule has 0 fully saturated rings. The van der Waals surface area contributed by atoms with E-state index in [1.165, 1.54) is 33.5 Å². The normalized spacial score (nSPS) is 15.4. The SMILES string of the molecule is CCCCC.COc1cc2c(cc1OCc1cc(COc3cc4c(cc3OC)C(=O)N3c5ccccc5C[C@H]3C=N4)cc(NC(=O)CNC(=O)CNC(=O)CNC(=O)CCC(C)(C)SSC(C)CCC(N)=O)c1)N=CC1Cc3ccccc3N1C2=O. The predicted octanol–water partition coefficient (Wildman–Crippen LogP) is 9.51. The summed E-state index contributed by atoms with van der Waals surface area (Å²) in [6.45, 7) is 9.16. The lowest BCUT2D eigenvalue weighted by Crippen LogP contribution is -2.43. The first-order valence-electron chi connectivity index (χ1n) is 28.8. The molecule has 86 heavy (non-hydrogen) atoms. The van der Waals surface area contributed by atoms with Crippen LogP contribution in [0.2, 0.25) is 0 Å². The minimum Gasteiger partial charge on any atom is -0.493 e. The van der Waals surface area contributed by atoms with Crippen LogP contribution < -0.4 is 55.7 Å². The predicted molar refractivity (Wildman–Crippen MR) is 338 cm³/mol. The molecule has 4 aliphatic rings. The van der Waals surface area contributed by atoms with Crippen LogP contribution in [0.5, 0.6) is 23.0 Å². The number of primary amides is 1. The highest BCUT2D eigenvalue weighted by atomic mass is 33.1. The van der Waals surface area contributed by atoms with E-state index in [-0.39, 0.29) is 71.9 Å². The van der Waals surface area contributed by atoms with Crippen molar-refractivity contribution in [3.63, 3.8) is 0 Å². The van der Waals surface area contributed by atoms with Gasteiger partial charge in [0.15, 0.2) is 23.0 Å². The van der Waals surface area contributed by atoms with Gasteiger partial charge in [0.1, 0.15) is 13.2 Å². The molecule has 0 aromatic heterocycles. The number of methoxy groups -OCH3 is 2. The van der Waals surface area contributed by atoms with E-state index in [0.717, 1.165) is 22.5 Å². The Morgan fingerprint density at radius 3 is 1.59 bits per heavy atom. The average Bonchev–Trinajstić information content (AvgIpc) is 1.73. The van der Waals surface area contributed by atoms with Crippen LogP contribution in [0.4, 0.5) is 28.4 Å². The highest BCUT2D eigenvalue weighted by Gasteiger charge is 2.38. The van der Waals surface area contributed by atoms with Gasteiger partial charge in [0, 0.05) is 77.3 Å². The highest BCUT2D eigenvalue weighted by molar-refractivity contribution is 8.77. The lowest BCUT2D eigenvalue weighted by atomic mass is 10.1. The Bertz CT molecular complexity index is 3250. The van der Waals surface area contributed by atoms with Gasteiger partial charge in [-0.25, -0.2) is 0 Å². The molecule has 3 atom stereocenters. The van der Waals surface area contributed by atoms with Crippen molar-refractivity contribution in [3.05, 3.63) is 124 Å². The highest BCUT2D eigenvalue weighted by Crippen LogP contribution is 2.44. The number of benzene rings is 5. The maximum Gasteiger partial charge on any atom is 0.261 e. The second-order valence-electron chi connectivity index (χ2n) is 21.8. The molecule has 0 bridgehead atoms. The van der Waals surface area contributed by atoms with Gasteiger partial charge in [-0.3, -0.25) is 53.3 Å². The van der Waals surface area contributed by atoms with Gasteiger partial charge in [-0.1, -0.05) is 98.0 Å². The molecule has 0 spiro atoms. The van der Waals surface area contributed by atoms with Crippen molar-refractivity contribution in [1.82, 2.24) is 16.0 Å². The number of para-hydroxylation sites is 2. The average molecular weight is 1210 g/mol. The molecular weight excluding hydrogens is 1130 g/mol. The van der Waals surface area contributed by atoms with Crippen LogP contribution in [0.3, 0.4) is 0 Å². The van der Waals surface area contributed by atoms with Gasteiger partial charge in [0.25, 0.3) is 11.8 Å². The van der Waals surface area contributed by atoms with Crippen LogP contribution in [0, 0.1) is 0 Å². The molecule has 22 heteroatoms. The Hall–Kier alpha value is -8.37. The quantitative estimate of drug-likeness (QED) is 0.0324. The maximum absolute atomic E-state index is 14.1. The van der Waals surface area contributed by atoms with Gasteiger partial charge >= 0.3 is 0 Å². The van der Waals surface area contributed by atoms with E-state index in [2.05, 4.69) is 35.1 Å². The molecule has 20 nitrogen and oxygen atoms in total. The third kappa shape index (κ3) is 16.5. The van der Waals surface area contributed by atoms with Crippen LogP contribution in [0.1, 0.15) is 123 Å². The number of amides is 7. The number of unbranched alkanes of at least 4 members (excludes halogenated alkanes) is 2. The summed E-state index contributed by atoms with van der Waals surface area (Å²) in [5, 5.41) is 10.6.